The Labute approximate surface area is 187 Å². The van der Waals surface area contributed by atoms with Gasteiger partial charge in [0.15, 0.2) is 17.4 Å². The highest BCUT2D eigenvalue weighted by atomic mass is 32.2. The lowest BCUT2D eigenvalue weighted by Gasteiger charge is -2.20. The smallest absolute Gasteiger partial charge is 0.234 e. The Morgan fingerprint density at radius 1 is 0.844 bits per heavy atom. The summed E-state index contributed by atoms with van der Waals surface area (Å²) in [5.74, 6) is -0.161. The SMILES string of the molecule is O=C(CSc1n[nH]c(-c2ccccc2)n1)Nc1cccc2c1C(=O)c1ccccc1C2=O. The molecule has 8 heteroatoms. The van der Waals surface area contributed by atoms with Crippen LogP contribution in [0.5, 0.6) is 0 Å². The van der Waals surface area contributed by atoms with Gasteiger partial charge in [0.1, 0.15) is 0 Å². The van der Waals surface area contributed by atoms with Gasteiger partial charge in [-0.3, -0.25) is 19.5 Å². The van der Waals surface area contributed by atoms with E-state index in [1.165, 1.54) is 11.8 Å². The third kappa shape index (κ3) is 3.61. The van der Waals surface area contributed by atoms with Gasteiger partial charge >= 0.3 is 0 Å². The number of fused-ring (bicyclic) bond motifs is 2. The summed E-state index contributed by atoms with van der Waals surface area (Å²) in [6.45, 7) is 0. The van der Waals surface area contributed by atoms with Gasteiger partial charge in [0.2, 0.25) is 11.1 Å². The highest BCUT2D eigenvalue weighted by Gasteiger charge is 2.31. The molecule has 1 aliphatic carbocycles. The van der Waals surface area contributed by atoms with Crippen LogP contribution >= 0.6 is 11.8 Å². The van der Waals surface area contributed by atoms with E-state index in [1.807, 2.05) is 30.3 Å². The fourth-order valence-corrected chi connectivity index (χ4v) is 4.20. The number of carbonyl (C=O) groups excluding carboxylic acids is 3. The zero-order chi connectivity index (χ0) is 22.1. The minimum absolute atomic E-state index is 0.0501. The molecule has 5 rings (SSSR count). The van der Waals surface area contributed by atoms with E-state index in [0.29, 0.717) is 33.4 Å². The number of thioether (sulfide) groups is 1. The van der Waals surface area contributed by atoms with E-state index in [9.17, 15) is 14.4 Å². The van der Waals surface area contributed by atoms with Crippen LogP contribution in [0.4, 0.5) is 5.69 Å². The second-order valence-electron chi connectivity index (χ2n) is 7.10. The van der Waals surface area contributed by atoms with Crippen LogP contribution < -0.4 is 5.32 Å². The molecular weight excluding hydrogens is 424 g/mol. The number of benzene rings is 3. The van der Waals surface area contributed by atoms with Crippen LogP contribution in [0.15, 0.2) is 78.0 Å². The van der Waals surface area contributed by atoms with Gasteiger partial charge in [0.25, 0.3) is 0 Å². The molecule has 156 valence electrons. The molecule has 0 bridgehead atoms. The second kappa shape index (κ2) is 8.24. The first-order valence-corrected chi connectivity index (χ1v) is 10.8. The average molecular weight is 440 g/mol. The number of aromatic amines is 1. The monoisotopic (exact) mass is 440 g/mol. The van der Waals surface area contributed by atoms with Crippen molar-refractivity contribution < 1.29 is 14.4 Å². The van der Waals surface area contributed by atoms with Gasteiger partial charge < -0.3 is 5.32 Å². The van der Waals surface area contributed by atoms with Crippen LogP contribution in [0.2, 0.25) is 0 Å². The quantitative estimate of drug-likeness (QED) is 0.401. The number of ketones is 2. The molecule has 3 aromatic carbocycles. The Balaban J connectivity index is 1.32. The number of amides is 1. The molecule has 32 heavy (non-hydrogen) atoms. The summed E-state index contributed by atoms with van der Waals surface area (Å²) in [5, 5.41) is 10.2. The number of H-pyrrole nitrogens is 1. The Morgan fingerprint density at radius 2 is 1.53 bits per heavy atom. The van der Waals surface area contributed by atoms with E-state index in [4.69, 9.17) is 0 Å². The van der Waals surface area contributed by atoms with Crippen LogP contribution in [0.25, 0.3) is 11.4 Å². The molecule has 0 saturated heterocycles. The van der Waals surface area contributed by atoms with Crippen molar-refractivity contribution in [2.24, 2.45) is 0 Å². The lowest BCUT2D eigenvalue weighted by molar-refractivity contribution is -0.113. The summed E-state index contributed by atoms with van der Waals surface area (Å²) in [6.07, 6.45) is 0. The van der Waals surface area contributed by atoms with Crippen LogP contribution in [-0.4, -0.2) is 38.4 Å². The van der Waals surface area contributed by atoms with Gasteiger partial charge in [-0.2, -0.15) is 0 Å². The predicted octanol–water partition coefficient (Wildman–Crippen LogP) is 3.98. The van der Waals surface area contributed by atoms with Crippen molar-refractivity contribution in [3.8, 4) is 11.4 Å². The fraction of sp³-hybridized carbons (Fsp3) is 0.0417. The highest BCUT2D eigenvalue weighted by molar-refractivity contribution is 7.99. The minimum Gasteiger partial charge on any atom is -0.325 e. The molecule has 2 N–H and O–H groups in total. The Kier molecular flexibility index (Phi) is 5.12. The molecule has 0 atom stereocenters. The molecule has 1 aliphatic rings. The molecule has 4 aromatic rings. The minimum atomic E-state index is -0.325. The van der Waals surface area contributed by atoms with Crippen molar-refractivity contribution in [2.45, 2.75) is 5.16 Å². The molecule has 0 aliphatic heterocycles. The first kappa shape index (κ1) is 19.9. The Bertz CT molecular complexity index is 1360. The third-order valence-corrected chi connectivity index (χ3v) is 5.92. The summed E-state index contributed by atoms with van der Waals surface area (Å²) in [4.78, 5) is 42.9. The Hall–Kier alpha value is -4.04. The number of carbonyl (C=O) groups is 3. The molecule has 1 amide bonds. The first-order valence-electron chi connectivity index (χ1n) is 9.84. The maximum absolute atomic E-state index is 13.0. The normalized spacial score (nSPS) is 12.2. The van der Waals surface area contributed by atoms with Gasteiger partial charge in [0, 0.05) is 22.3 Å². The van der Waals surface area contributed by atoms with Crippen molar-refractivity contribution in [2.75, 3.05) is 11.1 Å². The van der Waals surface area contributed by atoms with E-state index in [0.717, 1.165) is 5.56 Å². The highest BCUT2D eigenvalue weighted by Crippen LogP contribution is 2.32. The van der Waals surface area contributed by atoms with Crippen LogP contribution in [0.1, 0.15) is 31.8 Å². The second-order valence-corrected chi connectivity index (χ2v) is 8.04. The summed E-state index contributed by atoms with van der Waals surface area (Å²) in [6, 6.07) is 21.1. The maximum atomic E-state index is 13.0. The molecular formula is C24H16N4O3S. The number of anilines is 1. The van der Waals surface area contributed by atoms with Crippen LogP contribution in [-0.2, 0) is 4.79 Å². The number of hydrogen-bond acceptors (Lipinski definition) is 6. The summed E-state index contributed by atoms with van der Waals surface area (Å²) in [7, 11) is 0. The maximum Gasteiger partial charge on any atom is 0.234 e. The van der Waals surface area contributed by atoms with Gasteiger partial charge in [-0.25, -0.2) is 4.98 Å². The fourth-order valence-electron chi connectivity index (χ4n) is 3.60. The molecule has 0 saturated carbocycles. The van der Waals surface area contributed by atoms with Crippen molar-refractivity contribution >= 4 is 34.9 Å². The van der Waals surface area contributed by atoms with Crippen molar-refractivity contribution in [1.29, 1.82) is 0 Å². The number of nitrogens with one attached hydrogen (secondary N) is 2. The van der Waals surface area contributed by atoms with E-state index in [2.05, 4.69) is 20.5 Å². The molecule has 7 nitrogen and oxygen atoms in total. The third-order valence-electron chi connectivity index (χ3n) is 5.07. The average Bonchev–Trinajstić information content (AvgIpc) is 3.31. The van der Waals surface area contributed by atoms with E-state index in [1.54, 1.807) is 42.5 Å². The number of nitrogens with zero attached hydrogens (tertiary/aromatic N) is 2. The van der Waals surface area contributed by atoms with Crippen molar-refractivity contribution in [1.82, 2.24) is 15.2 Å². The first-order chi connectivity index (χ1) is 15.6. The number of hydrogen-bond donors (Lipinski definition) is 2. The molecule has 0 unspecified atom stereocenters. The molecule has 0 fully saturated rings. The van der Waals surface area contributed by atoms with Crippen molar-refractivity contribution in [3.05, 3.63) is 95.1 Å². The zero-order valence-electron chi connectivity index (χ0n) is 16.7. The van der Waals surface area contributed by atoms with Gasteiger partial charge in [-0.1, -0.05) is 78.5 Å². The Morgan fingerprint density at radius 3 is 2.31 bits per heavy atom. The standard InChI is InChI=1S/C24H16N4O3S/c29-19(13-32-24-26-23(27-28-24)14-7-2-1-3-8-14)25-18-12-6-11-17-20(18)22(31)16-10-5-4-9-15(16)21(17)30/h1-12H,13H2,(H,25,29)(H,26,27,28). The summed E-state index contributed by atoms with van der Waals surface area (Å²) >= 11 is 1.17. The van der Waals surface area contributed by atoms with Gasteiger partial charge in [-0.05, 0) is 6.07 Å². The van der Waals surface area contributed by atoms with Gasteiger partial charge in [0.05, 0.1) is 17.0 Å². The summed E-state index contributed by atoms with van der Waals surface area (Å²) in [5.41, 5.74) is 2.45. The number of rotatable bonds is 5. The molecule has 0 radical (unpaired) electrons. The van der Waals surface area contributed by atoms with Crippen LogP contribution in [0, 0.1) is 0 Å². The van der Waals surface area contributed by atoms with Gasteiger partial charge in [-0.15, -0.1) is 5.10 Å². The molecule has 1 heterocycles. The van der Waals surface area contributed by atoms with Crippen LogP contribution in [0.3, 0.4) is 0 Å². The lowest BCUT2D eigenvalue weighted by atomic mass is 9.83. The topological polar surface area (TPSA) is 105 Å². The van der Waals surface area contributed by atoms with E-state index >= 15 is 0 Å². The number of aromatic nitrogens is 3. The molecule has 0 spiro atoms. The predicted molar refractivity (Wildman–Crippen MR) is 121 cm³/mol. The largest absolute Gasteiger partial charge is 0.325 e. The van der Waals surface area contributed by atoms with E-state index in [-0.39, 0.29) is 28.8 Å². The van der Waals surface area contributed by atoms with Crippen molar-refractivity contribution in [3.63, 3.8) is 0 Å². The van der Waals surface area contributed by atoms with E-state index < -0.39 is 0 Å². The summed E-state index contributed by atoms with van der Waals surface area (Å²) < 4.78 is 0. The lowest BCUT2D eigenvalue weighted by Crippen LogP contribution is -2.24. The zero-order valence-corrected chi connectivity index (χ0v) is 17.5. The molecule has 1 aromatic heterocycles.